The molecule has 6 nitrogen and oxygen atoms in total. The number of hydrogen-bond acceptors (Lipinski definition) is 4. The molecule has 2 rings (SSSR count). The number of methoxy groups -OCH3 is 2. The Bertz CT molecular complexity index is 627. The summed E-state index contributed by atoms with van der Waals surface area (Å²) in [5.74, 6) is 2.54. The number of hydrogen-bond donors (Lipinski definition) is 3. The summed E-state index contributed by atoms with van der Waals surface area (Å²) in [4.78, 5) is 4.93. The lowest BCUT2D eigenvalue weighted by atomic mass is 9.69. The zero-order valence-corrected chi connectivity index (χ0v) is 17.9. The Labute approximate surface area is 169 Å². The smallest absolute Gasteiger partial charge is 0.191 e. The van der Waals surface area contributed by atoms with Crippen molar-refractivity contribution in [2.75, 3.05) is 40.5 Å². The fourth-order valence-electron chi connectivity index (χ4n) is 3.84. The summed E-state index contributed by atoms with van der Waals surface area (Å²) >= 11 is 0. The third-order valence-corrected chi connectivity index (χ3v) is 5.62. The zero-order valence-electron chi connectivity index (χ0n) is 17.9. The second-order valence-electron chi connectivity index (χ2n) is 7.77. The zero-order chi connectivity index (χ0) is 20.4. The van der Waals surface area contributed by atoms with Crippen molar-refractivity contribution in [3.8, 4) is 11.5 Å². The summed E-state index contributed by atoms with van der Waals surface area (Å²) in [7, 11) is 3.35. The van der Waals surface area contributed by atoms with E-state index in [9.17, 15) is 5.11 Å². The molecule has 6 heteroatoms. The van der Waals surface area contributed by atoms with E-state index in [1.54, 1.807) is 14.2 Å². The monoisotopic (exact) mass is 391 g/mol. The number of rotatable bonds is 9. The molecule has 0 aromatic heterocycles. The lowest BCUT2D eigenvalue weighted by molar-refractivity contribution is 0.238. The first-order valence-electron chi connectivity index (χ1n) is 10.4. The predicted octanol–water partition coefficient (Wildman–Crippen LogP) is 3.09. The molecule has 28 heavy (non-hydrogen) atoms. The van der Waals surface area contributed by atoms with Gasteiger partial charge in [0.25, 0.3) is 0 Å². The average molecular weight is 392 g/mol. The molecule has 0 radical (unpaired) electrons. The van der Waals surface area contributed by atoms with Crippen LogP contribution < -0.4 is 20.1 Å². The van der Waals surface area contributed by atoms with Crippen LogP contribution in [0.1, 0.15) is 51.5 Å². The van der Waals surface area contributed by atoms with Crippen LogP contribution in [0.3, 0.4) is 0 Å². The molecule has 1 aliphatic rings. The van der Waals surface area contributed by atoms with Gasteiger partial charge in [-0.25, -0.2) is 0 Å². The van der Waals surface area contributed by atoms with Crippen LogP contribution >= 0.6 is 0 Å². The van der Waals surface area contributed by atoms with E-state index in [2.05, 4.69) is 29.7 Å². The standard InChI is InChI=1S/C22H37N3O3/c1-5-23-21(24-14-17(2)15-26)25-16-22(11-7-6-8-12-22)18-9-10-19(27-3)20(13-18)28-4/h9-10,13,17,26H,5-8,11-12,14-16H2,1-4H3,(H2,23,24,25). The fourth-order valence-corrected chi connectivity index (χ4v) is 3.84. The summed E-state index contributed by atoms with van der Waals surface area (Å²) in [6.07, 6.45) is 5.96. The van der Waals surface area contributed by atoms with Gasteiger partial charge in [-0.1, -0.05) is 32.3 Å². The van der Waals surface area contributed by atoms with E-state index in [4.69, 9.17) is 14.5 Å². The number of aliphatic hydroxyl groups is 1. The third kappa shape index (κ3) is 5.77. The van der Waals surface area contributed by atoms with E-state index in [0.717, 1.165) is 43.4 Å². The first-order valence-corrected chi connectivity index (χ1v) is 10.4. The van der Waals surface area contributed by atoms with Crippen LogP contribution in [0.4, 0.5) is 0 Å². The molecule has 1 unspecified atom stereocenters. The van der Waals surface area contributed by atoms with Gasteiger partial charge < -0.3 is 25.2 Å². The van der Waals surface area contributed by atoms with Gasteiger partial charge in [-0.15, -0.1) is 0 Å². The minimum Gasteiger partial charge on any atom is -0.493 e. The molecule has 1 aliphatic carbocycles. The van der Waals surface area contributed by atoms with Crippen LogP contribution in [-0.2, 0) is 5.41 Å². The van der Waals surface area contributed by atoms with Gasteiger partial charge in [-0.05, 0) is 43.4 Å². The number of ether oxygens (including phenoxy) is 2. The summed E-state index contributed by atoms with van der Waals surface area (Å²) in [5, 5.41) is 15.9. The van der Waals surface area contributed by atoms with E-state index >= 15 is 0 Å². The molecule has 0 heterocycles. The van der Waals surface area contributed by atoms with Gasteiger partial charge in [0.15, 0.2) is 17.5 Å². The molecule has 1 aromatic rings. The van der Waals surface area contributed by atoms with E-state index < -0.39 is 0 Å². The van der Waals surface area contributed by atoms with Crippen molar-refractivity contribution in [2.24, 2.45) is 10.9 Å². The van der Waals surface area contributed by atoms with Crippen LogP contribution in [0.25, 0.3) is 0 Å². The Balaban J connectivity index is 2.26. The summed E-state index contributed by atoms with van der Waals surface area (Å²) < 4.78 is 11.0. The van der Waals surface area contributed by atoms with Crippen molar-refractivity contribution < 1.29 is 14.6 Å². The Morgan fingerprint density at radius 2 is 1.86 bits per heavy atom. The highest BCUT2D eigenvalue weighted by Gasteiger charge is 2.34. The van der Waals surface area contributed by atoms with Gasteiger partial charge in [0.1, 0.15) is 0 Å². The normalized spacial score (nSPS) is 17.7. The average Bonchev–Trinajstić information content (AvgIpc) is 2.75. The van der Waals surface area contributed by atoms with Gasteiger partial charge in [-0.2, -0.15) is 0 Å². The molecule has 1 saturated carbocycles. The molecular formula is C22H37N3O3. The SMILES string of the molecule is CCNC(=NCC1(c2ccc(OC)c(OC)c2)CCCCC1)NCC(C)CO. The van der Waals surface area contributed by atoms with Crippen molar-refractivity contribution >= 4 is 5.96 Å². The number of aliphatic imine (C=N–C) groups is 1. The fraction of sp³-hybridized carbons (Fsp3) is 0.682. The largest absolute Gasteiger partial charge is 0.493 e. The molecule has 1 atom stereocenters. The van der Waals surface area contributed by atoms with Crippen LogP contribution in [0.15, 0.2) is 23.2 Å². The van der Waals surface area contributed by atoms with Gasteiger partial charge in [-0.3, -0.25) is 4.99 Å². The van der Waals surface area contributed by atoms with Gasteiger partial charge in [0, 0.05) is 25.1 Å². The second kappa shape index (κ2) is 11.1. The summed E-state index contributed by atoms with van der Waals surface area (Å²) in [5.41, 5.74) is 1.29. The van der Waals surface area contributed by atoms with Gasteiger partial charge in [0.2, 0.25) is 0 Å². The minimum absolute atomic E-state index is 0.0166. The highest BCUT2D eigenvalue weighted by atomic mass is 16.5. The lowest BCUT2D eigenvalue weighted by Crippen LogP contribution is -2.41. The van der Waals surface area contributed by atoms with Crippen molar-refractivity contribution in [1.82, 2.24) is 10.6 Å². The van der Waals surface area contributed by atoms with E-state index in [1.807, 2.05) is 13.0 Å². The molecule has 1 fully saturated rings. The maximum Gasteiger partial charge on any atom is 0.191 e. The Kier molecular flexibility index (Phi) is 8.90. The van der Waals surface area contributed by atoms with Crippen molar-refractivity contribution in [1.29, 1.82) is 0 Å². The lowest BCUT2D eigenvalue weighted by Gasteiger charge is -2.37. The molecule has 1 aromatic carbocycles. The topological polar surface area (TPSA) is 75.1 Å². The summed E-state index contributed by atoms with van der Waals surface area (Å²) in [6, 6.07) is 6.28. The molecule has 0 aliphatic heterocycles. The first kappa shape index (κ1) is 22.3. The quantitative estimate of drug-likeness (QED) is 0.446. The number of aliphatic hydroxyl groups excluding tert-OH is 1. The maximum atomic E-state index is 9.27. The molecule has 0 amide bonds. The Hall–Kier alpha value is -1.95. The predicted molar refractivity (Wildman–Crippen MR) is 115 cm³/mol. The van der Waals surface area contributed by atoms with Crippen LogP contribution in [0, 0.1) is 5.92 Å². The maximum absolute atomic E-state index is 9.27. The summed E-state index contributed by atoms with van der Waals surface area (Å²) in [6.45, 7) is 6.49. The van der Waals surface area contributed by atoms with E-state index in [-0.39, 0.29) is 17.9 Å². The highest BCUT2D eigenvalue weighted by Crippen LogP contribution is 2.42. The minimum atomic E-state index is 0.0166. The van der Waals surface area contributed by atoms with Crippen molar-refractivity contribution in [3.05, 3.63) is 23.8 Å². The van der Waals surface area contributed by atoms with Crippen molar-refractivity contribution in [2.45, 2.75) is 51.4 Å². The Morgan fingerprint density at radius 1 is 1.14 bits per heavy atom. The van der Waals surface area contributed by atoms with Gasteiger partial charge >= 0.3 is 0 Å². The van der Waals surface area contributed by atoms with Crippen LogP contribution in [0.2, 0.25) is 0 Å². The first-order chi connectivity index (χ1) is 13.6. The molecular weight excluding hydrogens is 354 g/mol. The van der Waals surface area contributed by atoms with Crippen molar-refractivity contribution in [3.63, 3.8) is 0 Å². The Morgan fingerprint density at radius 3 is 2.46 bits per heavy atom. The molecule has 0 saturated heterocycles. The number of nitrogens with one attached hydrogen (secondary N) is 2. The number of guanidine groups is 1. The second-order valence-corrected chi connectivity index (χ2v) is 7.77. The third-order valence-electron chi connectivity index (χ3n) is 5.62. The molecule has 0 bridgehead atoms. The molecule has 158 valence electrons. The molecule has 0 spiro atoms. The van der Waals surface area contributed by atoms with Crippen LogP contribution in [-0.4, -0.2) is 51.5 Å². The highest BCUT2D eigenvalue weighted by molar-refractivity contribution is 5.79. The molecule has 3 N–H and O–H groups in total. The number of nitrogens with zero attached hydrogens (tertiary/aromatic N) is 1. The number of benzene rings is 1. The van der Waals surface area contributed by atoms with E-state index in [0.29, 0.717) is 6.54 Å². The van der Waals surface area contributed by atoms with Crippen LogP contribution in [0.5, 0.6) is 11.5 Å². The van der Waals surface area contributed by atoms with E-state index in [1.165, 1.54) is 24.8 Å². The van der Waals surface area contributed by atoms with Gasteiger partial charge in [0.05, 0.1) is 20.8 Å².